The van der Waals surface area contributed by atoms with E-state index in [0.29, 0.717) is 25.8 Å². The number of carbonyl (C=O) groups excluding carboxylic acids is 1. The van der Waals surface area contributed by atoms with Crippen molar-refractivity contribution in [3.63, 3.8) is 0 Å². The molecule has 1 unspecified atom stereocenters. The van der Waals surface area contributed by atoms with Gasteiger partial charge in [0.05, 0.1) is 30.0 Å². The van der Waals surface area contributed by atoms with Gasteiger partial charge in [0.1, 0.15) is 12.7 Å². The number of halogens is 3. The smallest absolute Gasteiger partial charge is 0.332 e. The molecule has 1 heterocycles. The Morgan fingerprint density at radius 1 is 1.02 bits per heavy atom. The van der Waals surface area contributed by atoms with Crippen molar-refractivity contribution in [1.82, 2.24) is 4.84 Å². The largest absolute Gasteiger partial charge is 0.460 e. The molecular formula is C34H54ClF2NO6. The summed E-state index contributed by atoms with van der Waals surface area (Å²) in [6.45, 7) is 14.0. The molecule has 5 saturated carbocycles. The molecule has 44 heavy (non-hydrogen) atoms. The predicted octanol–water partition coefficient (Wildman–Crippen LogP) is 6.02. The number of aliphatic hydroxyl groups excluding tert-OH is 1. The van der Waals surface area contributed by atoms with Crippen molar-refractivity contribution in [1.29, 1.82) is 0 Å². The molecule has 1 aliphatic heterocycles. The number of hydrogen-bond donors (Lipinski definition) is 3. The Morgan fingerprint density at radius 3 is 2.34 bits per heavy atom. The maximum absolute atomic E-state index is 15.7. The number of alkyl halides is 2. The highest BCUT2D eigenvalue weighted by atomic mass is 35.5. The van der Waals surface area contributed by atoms with Gasteiger partial charge in [-0.15, -0.1) is 0 Å². The molecule has 3 N–H and O–H groups in total. The summed E-state index contributed by atoms with van der Waals surface area (Å²) in [6, 6.07) is 0. The van der Waals surface area contributed by atoms with E-state index in [9.17, 15) is 15.0 Å². The van der Waals surface area contributed by atoms with Crippen LogP contribution in [0, 0.1) is 44.8 Å². The summed E-state index contributed by atoms with van der Waals surface area (Å²) in [5.41, 5.74) is -3.89. The Labute approximate surface area is 266 Å². The van der Waals surface area contributed by atoms with Crippen LogP contribution >= 0.6 is 11.8 Å². The lowest BCUT2D eigenvalue weighted by Gasteiger charge is -2.65. The van der Waals surface area contributed by atoms with E-state index in [0.717, 1.165) is 32.1 Å². The first-order chi connectivity index (χ1) is 20.2. The van der Waals surface area contributed by atoms with Crippen LogP contribution in [-0.2, 0) is 19.0 Å². The lowest BCUT2D eigenvalue weighted by molar-refractivity contribution is -0.252. The Bertz CT molecular complexity index is 1170. The van der Waals surface area contributed by atoms with Crippen LogP contribution in [0.5, 0.6) is 0 Å². The van der Waals surface area contributed by atoms with Crippen LogP contribution in [0.4, 0.5) is 8.78 Å². The number of rotatable bonds is 8. The van der Waals surface area contributed by atoms with Crippen LogP contribution in [0.25, 0.3) is 0 Å². The molecule has 2 spiro atoms. The van der Waals surface area contributed by atoms with Crippen LogP contribution in [-0.4, -0.2) is 71.4 Å². The number of carbonyl (C=O) groups is 1. The average Bonchev–Trinajstić information content (AvgIpc) is 3.28. The first-order valence-electron chi connectivity index (χ1n) is 16.8. The second-order valence-corrected chi connectivity index (χ2v) is 17.6. The van der Waals surface area contributed by atoms with Gasteiger partial charge in [-0.3, -0.25) is 0 Å². The van der Waals surface area contributed by atoms with Crippen LogP contribution in [0.15, 0.2) is 0 Å². The van der Waals surface area contributed by atoms with Gasteiger partial charge in [-0.2, -0.15) is 0 Å². The lowest BCUT2D eigenvalue weighted by Crippen LogP contribution is -2.64. The van der Waals surface area contributed by atoms with E-state index in [4.69, 9.17) is 26.0 Å². The van der Waals surface area contributed by atoms with Gasteiger partial charge in [-0.05, 0) is 111 Å². The topological polar surface area (TPSA) is 97.2 Å². The van der Waals surface area contributed by atoms with E-state index in [1.54, 1.807) is 27.7 Å². The highest BCUT2D eigenvalue weighted by molar-refractivity contribution is 6.13. The summed E-state index contributed by atoms with van der Waals surface area (Å²) in [5, 5.41) is 22.7. The van der Waals surface area contributed by atoms with Crippen LogP contribution < -0.4 is 4.84 Å². The van der Waals surface area contributed by atoms with Crippen molar-refractivity contribution in [2.75, 3.05) is 19.8 Å². The third-order valence-electron chi connectivity index (χ3n) is 14.7. The summed E-state index contributed by atoms with van der Waals surface area (Å²) in [6.07, 6.45) is 4.04. The number of nitrogens with one attached hydrogen (secondary N) is 1. The number of aliphatic hydroxyl groups is 2. The van der Waals surface area contributed by atoms with Gasteiger partial charge < -0.3 is 24.4 Å². The van der Waals surface area contributed by atoms with Gasteiger partial charge in [0.2, 0.25) is 0 Å². The molecule has 7 nitrogen and oxygen atoms in total. The highest BCUT2D eigenvalue weighted by Gasteiger charge is 2.86. The number of esters is 1. The van der Waals surface area contributed by atoms with Gasteiger partial charge in [0, 0.05) is 30.2 Å². The molecule has 6 fully saturated rings. The van der Waals surface area contributed by atoms with E-state index in [-0.39, 0.29) is 59.2 Å². The molecular weight excluding hydrogens is 592 g/mol. The van der Waals surface area contributed by atoms with Crippen molar-refractivity contribution in [3.05, 3.63) is 0 Å². The van der Waals surface area contributed by atoms with Gasteiger partial charge >= 0.3 is 5.97 Å². The van der Waals surface area contributed by atoms with E-state index in [1.807, 2.05) is 0 Å². The number of hydrogen-bond acceptors (Lipinski definition) is 7. The van der Waals surface area contributed by atoms with Gasteiger partial charge in [-0.25, -0.2) is 18.4 Å². The average molecular weight is 646 g/mol. The maximum Gasteiger partial charge on any atom is 0.332 e. The quantitative estimate of drug-likeness (QED) is 0.169. The summed E-state index contributed by atoms with van der Waals surface area (Å²) in [7, 11) is 0. The fourth-order valence-corrected chi connectivity index (χ4v) is 12.7. The molecule has 6 aliphatic rings. The second-order valence-electron chi connectivity index (χ2n) is 17.3. The van der Waals surface area contributed by atoms with Crippen molar-refractivity contribution < 1.29 is 38.0 Å². The van der Waals surface area contributed by atoms with Crippen molar-refractivity contribution >= 4 is 17.7 Å². The van der Waals surface area contributed by atoms with Crippen molar-refractivity contribution in [3.8, 4) is 0 Å². The zero-order chi connectivity index (χ0) is 32.4. The number of ether oxygens (including phenoxy) is 3. The zero-order valence-corrected chi connectivity index (χ0v) is 28.4. The van der Waals surface area contributed by atoms with Gasteiger partial charge in [-0.1, -0.05) is 27.7 Å². The van der Waals surface area contributed by atoms with E-state index in [1.165, 1.54) is 0 Å². The minimum Gasteiger partial charge on any atom is -0.460 e. The molecule has 0 aromatic carbocycles. The van der Waals surface area contributed by atoms with Gasteiger partial charge in [0.25, 0.3) is 5.92 Å². The standard InChI is InChI=1S/C34H54ClF2NO6/c1-27(2)26-21(43-24(40)18-42-15-14-38-35)16-22-30(6)17-20(39)25(31(7)9-8-23(44-31)28(3,4)41)29(30,5)10-11-32(22)19-33(26,32)12-13-34(27,36)37/h20-23,25-26,38-39,41H,8-19H2,1-7H3/t20-,21-,22-,23-,25-,26?,29+,30-,31-,32-,33+/m0/s1. The van der Waals surface area contributed by atoms with E-state index in [2.05, 4.69) is 25.6 Å². The fourth-order valence-electron chi connectivity index (χ4n) is 12.6. The fraction of sp³-hybridized carbons (Fsp3) is 0.971. The minimum atomic E-state index is -2.86. The first kappa shape index (κ1) is 33.3. The Hall–Kier alpha value is -0.580. The Morgan fingerprint density at radius 2 is 1.70 bits per heavy atom. The first-order valence-corrected chi connectivity index (χ1v) is 17.2. The third-order valence-corrected chi connectivity index (χ3v) is 14.9. The normalized spacial score (nSPS) is 50.3. The molecule has 10 heteroatoms. The molecule has 0 bridgehead atoms. The molecule has 1 saturated heterocycles. The van der Waals surface area contributed by atoms with E-state index >= 15 is 8.78 Å². The molecule has 0 aromatic rings. The second kappa shape index (κ2) is 10.2. The van der Waals surface area contributed by atoms with Crippen LogP contribution in [0.1, 0.15) is 106 Å². The maximum atomic E-state index is 15.7. The summed E-state index contributed by atoms with van der Waals surface area (Å²) in [5.74, 6) is -3.87. The molecule has 6 rings (SSSR count). The predicted molar refractivity (Wildman–Crippen MR) is 162 cm³/mol. The Kier molecular flexibility index (Phi) is 7.73. The summed E-state index contributed by atoms with van der Waals surface area (Å²) >= 11 is 5.50. The summed E-state index contributed by atoms with van der Waals surface area (Å²) < 4.78 is 49.7. The molecule has 11 atom stereocenters. The molecule has 0 radical (unpaired) electrons. The van der Waals surface area contributed by atoms with Crippen LogP contribution in [0.3, 0.4) is 0 Å². The van der Waals surface area contributed by atoms with Crippen molar-refractivity contribution in [2.45, 2.75) is 142 Å². The number of fused-ring (bicyclic) bond motifs is 2. The molecule has 0 aromatic heterocycles. The van der Waals surface area contributed by atoms with E-state index < -0.39 is 46.6 Å². The highest BCUT2D eigenvalue weighted by Crippen LogP contribution is 2.90. The monoisotopic (exact) mass is 645 g/mol. The minimum absolute atomic E-state index is 0.104. The molecule has 252 valence electrons. The van der Waals surface area contributed by atoms with Crippen molar-refractivity contribution in [2.24, 2.45) is 44.8 Å². The van der Waals surface area contributed by atoms with Crippen LogP contribution in [0.2, 0.25) is 0 Å². The summed E-state index contributed by atoms with van der Waals surface area (Å²) in [4.78, 5) is 15.6. The SMILES string of the molecule is CC(C)(O)[C@@H]1CC[C@@](C)([C@H]2[C@@H](O)C[C@@]3(C)[C@@H]4C[C@H](OC(=O)COCCNCl)C5C(C)(C)C(F)(F)CC[C@@]56C[C@@]46CC[C@]23C)O1. The van der Waals surface area contributed by atoms with Gasteiger partial charge in [0.15, 0.2) is 0 Å². The Balaban J connectivity index is 1.35. The molecule has 0 amide bonds. The third kappa shape index (κ3) is 4.37. The lowest BCUT2D eigenvalue weighted by atomic mass is 9.41. The zero-order valence-electron chi connectivity index (χ0n) is 27.6. The molecule has 5 aliphatic carbocycles.